The lowest BCUT2D eigenvalue weighted by Gasteiger charge is -2.25. The van der Waals surface area contributed by atoms with E-state index in [9.17, 15) is 0 Å². The summed E-state index contributed by atoms with van der Waals surface area (Å²) in [7, 11) is 0. The van der Waals surface area contributed by atoms with Gasteiger partial charge in [0.15, 0.2) is 0 Å². The van der Waals surface area contributed by atoms with E-state index in [4.69, 9.17) is 10.2 Å². The van der Waals surface area contributed by atoms with Gasteiger partial charge >= 0.3 is 0 Å². The highest BCUT2D eigenvalue weighted by atomic mass is 16.3. The molecule has 86 valence electrons. The molecule has 3 nitrogen and oxygen atoms in total. The molecule has 0 saturated carbocycles. The van der Waals surface area contributed by atoms with E-state index in [0.29, 0.717) is 0 Å². The third-order valence-electron chi connectivity index (χ3n) is 2.76. The predicted octanol–water partition coefficient (Wildman–Crippen LogP) is 1.15. The van der Waals surface area contributed by atoms with Crippen molar-refractivity contribution in [3.8, 4) is 0 Å². The Balaban J connectivity index is 3.43. The third kappa shape index (κ3) is 6.35. The second kappa shape index (κ2) is 7.21. The van der Waals surface area contributed by atoms with Gasteiger partial charge < -0.3 is 15.5 Å². The van der Waals surface area contributed by atoms with Crippen LogP contribution in [0.2, 0.25) is 0 Å². The monoisotopic (exact) mass is 203 g/mol. The summed E-state index contributed by atoms with van der Waals surface area (Å²) in [5, 5.41) is 21.5. The molecule has 0 aliphatic rings. The number of rotatable bonds is 8. The first-order valence-corrected chi connectivity index (χ1v) is 5.53. The Hall–Kier alpha value is -0.120. The largest absolute Gasteiger partial charge is 0.396 e. The SMILES string of the molecule is CCC(C)(CO)CNCCCC(C)O. The first-order chi connectivity index (χ1) is 6.54. The Kier molecular flexibility index (Phi) is 7.15. The molecule has 0 bridgehead atoms. The van der Waals surface area contributed by atoms with E-state index in [2.05, 4.69) is 19.2 Å². The summed E-state index contributed by atoms with van der Waals surface area (Å²) < 4.78 is 0. The van der Waals surface area contributed by atoms with Crippen molar-refractivity contribution in [1.82, 2.24) is 5.32 Å². The molecular weight excluding hydrogens is 178 g/mol. The number of hydrogen-bond acceptors (Lipinski definition) is 3. The maximum atomic E-state index is 9.15. The molecule has 0 radical (unpaired) electrons. The minimum absolute atomic E-state index is 0.00479. The smallest absolute Gasteiger partial charge is 0.0512 e. The summed E-state index contributed by atoms with van der Waals surface area (Å²) in [6.45, 7) is 7.97. The third-order valence-corrected chi connectivity index (χ3v) is 2.76. The normalized spacial score (nSPS) is 17.8. The summed E-state index contributed by atoms with van der Waals surface area (Å²) in [5.74, 6) is 0. The van der Waals surface area contributed by atoms with E-state index in [0.717, 1.165) is 32.4 Å². The molecule has 0 aromatic rings. The van der Waals surface area contributed by atoms with Gasteiger partial charge in [-0.25, -0.2) is 0 Å². The highest BCUT2D eigenvalue weighted by Gasteiger charge is 2.19. The Morgan fingerprint density at radius 3 is 2.50 bits per heavy atom. The van der Waals surface area contributed by atoms with E-state index in [1.54, 1.807) is 0 Å². The molecule has 0 rings (SSSR count). The van der Waals surface area contributed by atoms with Crippen LogP contribution < -0.4 is 5.32 Å². The molecule has 0 aromatic heterocycles. The van der Waals surface area contributed by atoms with E-state index in [1.807, 2.05) is 6.92 Å². The fourth-order valence-corrected chi connectivity index (χ4v) is 1.21. The molecule has 0 amide bonds. The van der Waals surface area contributed by atoms with Crippen LogP contribution in [-0.4, -0.2) is 36.0 Å². The fourth-order valence-electron chi connectivity index (χ4n) is 1.21. The lowest BCUT2D eigenvalue weighted by atomic mass is 9.88. The van der Waals surface area contributed by atoms with Crippen LogP contribution in [0.15, 0.2) is 0 Å². The van der Waals surface area contributed by atoms with Crippen molar-refractivity contribution in [1.29, 1.82) is 0 Å². The van der Waals surface area contributed by atoms with Crippen LogP contribution in [0, 0.1) is 5.41 Å². The van der Waals surface area contributed by atoms with Gasteiger partial charge in [0.05, 0.1) is 6.10 Å². The van der Waals surface area contributed by atoms with Gasteiger partial charge in [0.25, 0.3) is 0 Å². The van der Waals surface area contributed by atoms with Crippen molar-refractivity contribution in [2.45, 2.75) is 46.1 Å². The van der Waals surface area contributed by atoms with Gasteiger partial charge in [0.1, 0.15) is 0 Å². The average molecular weight is 203 g/mol. The summed E-state index contributed by atoms with van der Waals surface area (Å²) in [6, 6.07) is 0. The van der Waals surface area contributed by atoms with Gasteiger partial charge in [0, 0.05) is 18.6 Å². The fraction of sp³-hybridized carbons (Fsp3) is 1.00. The van der Waals surface area contributed by atoms with Crippen LogP contribution in [0.3, 0.4) is 0 Å². The highest BCUT2D eigenvalue weighted by Crippen LogP contribution is 2.18. The lowest BCUT2D eigenvalue weighted by Crippen LogP contribution is -2.34. The van der Waals surface area contributed by atoms with Crippen LogP contribution in [0.4, 0.5) is 0 Å². The molecular formula is C11H25NO2. The zero-order chi connectivity index (χ0) is 11.0. The summed E-state index contributed by atoms with van der Waals surface area (Å²) >= 11 is 0. The summed E-state index contributed by atoms with van der Waals surface area (Å²) in [6.07, 6.45) is 2.61. The summed E-state index contributed by atoms with van der Waals surface area (Å²) in [5.41, 5.74) is 0.00479. The van der Waals surface area contributed by atoms with Crippen LogP contribution in [0.5, 0.6) is 0 Å². The van der Waals surface area contributed by atoms with Crippen molar-refractivity contribution >= 4 is 0 Å². The second-order valence-corrected chi connectivity index (χ2v) is 4.49. The molecule has 3 N–H and O–H groups in total. The number of hydrogen-bond donors (Lipinski definition) is 3. The maximum Gasteiger partial charge on any atom is 0.0512 e. The van der Waals surface area contributed by atoms with Gasteiger partial charge in [-0.15, -0.1) is 0 Å². The topological polar surface area (TPSA) is 52.5 Å². The molecule has 0 spiro atoms. The van der Waals surface area contributed by atoms with E-state index in [-0.39, 0.29) is 18.1 Å². The van der Waals surface area contributed by atoms with Crippen molar-refractivity contribution < 1.29 is 10.2 Å². The van der Waals surface area contributed by atoms with Crippen molar-refractivity contribution in [3.05, 3.63) is 0 Å². The number of nitrogens with one attached hydrogen (secondary N) is 1. The zero-order valence-corrected chi connectivity index (χ0v) is 9.71. The van der Waals surface area contributed by atoms with Gasteiger partial charge in [-0.2, -0.15) is 0 Å². The van der Waals surface area contributed by atoms with Crippen LogP contribution in [0.1, 0.15) is 40.0 Å². The Labute approximate surface area is 87.5 Å². The number of aliphatic hydroxyl groups excluding tert-OH is 2. The molecule has 0 aromatic carbocycles. The zero-order valence-electron chi connectivity index (χ0n) is 9.71. The molecule has 3 heteroatoms. The molecule has 0 fully saturated rings. The van der Waals surface area contributed by atoms with Crippen LogP contribution in [-0.2, 0) is 0 Å². The van der Waals surface area contributed by atoms with Crippen molar-refractivity contribution in [2.24, 2.45) is 5.41 Å². The van der Waals surface area contributed by atoms with Gasteiger partial charge in [-0.3, -0.25) is 0 Å². The summed E-state index contributed by atoms with van der Waals surface area (Å²) in [4.78, 5) is 0. The quantitative estimate of drug-likeness (QED) is 0.519. The van der Waals surface area contributed by atoms with Crippen molar-refractivity contribution in [3.63, 3.8) is 0 Å². The van der Waals surface area contributed by atoms with E-state index in [1.165, 1.54) is 0 Å². The molecule has 14 heavy (non-hydrogen) atoms. The lowest BCUT2D eigenvalue weighted by molar-refractivity contribution is 0.134. The Bertz CT molecular complexity index is 133. The first-order valence-electron chi connectivity index (χ1n) is 5.53. The van der Waals surface area contributed by atoms with E-state index < -0.39 is 0 Å². The van der Waals surface area contributed by atoms with Gasteiger partial charge in [-0.05, 0) is 32.7 Å². The average Bonchev–Trinajstić information content (AvgIpc) is 2.16. The molecule has 0 saturated heterocycles. The van der Waals surface area contributed by atoms with Crippen molar-refractivity contribution in [2.75, 3.05) is 19.7 Å². The molecule has 0 aliphatic heterocycles. The Morgan fingerprint density at radius 2 is 2.07 bits per heavy atom. The standard InChI is InChI=1S/C11H25NO2/c1-4-11(3,9-13)8-12-7-5-6-10(2)14/h10,12-14H,4-9H2,1-3H3. The van der Waals surface area contributed by atoms with Crippen LogP contribution >= 0.6 is 0 Å². The van der Waals surface area contributed by atoms with E-state index >= 15 is 0 Å². The predicted molar refractivity (Wildman–Crippen MR) is 59.3 cm³/mol. The first kappa shape index (κ1) is 13.9. The Morgan fingerprint density at radius 1 is 1.43 bits per heavy atom. The van der Waals surface area contributed by atoms with Crippen LogP contribution in [0.25, 0.3) is 0 Å². The maximum absolute atomic E-state index is 9.15. The highest BCUT2D eigenvalue weighted by molar-refractivity contribution is 4.74. The molecule has 0 aliphatic carbocycles. The molecule has 2 unspecified atom stereocenters. The second-order valence-electron chi connectivity index (χ2n) is 4.49. The molecule has 0 heterocycles. The minimum atomic E-state index is -0.202. The molecule has 2 atom stereocenters. The van der Waals surface area contributed by atoms with Gasteiger partial charge in [0.2, 0.25) is 0 Å². The minimum Gasteiger partial charge on any atom is -0.396 e. The number of aliphatic hydroxyl groups is 2. The van der Waals surface area contributed by atoms with Gasteiger partial charge in [-0.1, -0.05) is 13.8 Å².